The summed E-state index contributed by atoms with van der Waals surface area (Å²) in [6, 6.07) is 27.5. The Labute approximate surface area is 180 Å². The van der Waals surface area contributed by atoms with Gasteiger partial charge in [-0.25, -0.2) is 4.79 Å². The van der Waals surface area contributed by atoms with Crippen LogP contribution in [0.3, 0.4) is 0 Å². The standard InChI is InChI=1S/C25H22N4O2/c30-24(27-20-10-12-21(13-11-20)28-15-14-26-25(28)31)17-29-22-9-5-4-8-19(22)16-23(29)18-6-2-1-3-7-18/h1-13,16H,14-15,17H2,(H,26,31)(H,27,30). The summed E-state index contributed by atoms with van der Waals surface area (Å²) >= 11 is 0. The molecule has 6 heteroatoms. The van der Waals surface area contributed by atoms with Gasteiger partial charge in [-0.2, -0.15) is 0 Å². The van der Waals surface area contributed by atoms with E-state index >= 15 is 0 Å². The molecule has 5 rings (SSSR count). The normalized spacial score (nSPS) is 13.4. The Morgan fingerprint density at radius 2 is 1.68 bits per heavy atom. The van der Waals surface area contributed by atoms with Crippen molar-refractivity contribution in [1.82, 2.24) is 9.88 Å². The highest BCUT2D eigenvalue weighted by Gasteiger charge is 2.21. The van der Waals surface area contributed by atoms with E-state index in [0.29, 0.717) is 18.8 Å². The van der Waals surface area contributed by atoms with Crippen molar-refractivity contribution in [2.24, 2.45) is 0 Å². The number of aromatic nitrogens is 1. The molecular formula is C25H22N4O2. The molecule has 0 unspecified atom stereocenters. The largest absolute Gasteiger partial charge is 0.336 e. The minimum absolute atomic E-state index is 0.0929. The summed E-state index contributed by atoms with van der Waals surface area (Å²) < 4.78 is 2.04. The van der Waals surface area contributed by atoms with Crippen molar-refractivity contribution in [3.8, 4) is 11.3 Å². The topological polar surface area (TPSA) is 66.4 Å². The minimum atomic E-state index is -0.106. The number of para-hydroxylation sites is 1. The van der Waals surface area contributed by atoms with E-state index in [1.807, 2.05) is 65.2 Å². The number of hydrogen-bond acceptors (Lipinski definition) is 2. The van der Waals surface area contributed by atoms with Crippen LogP contribution in [0.5, 0.6) is 0 Å². The monoisotopic (exact) mass is 410 g/mol. The number of carbonyl (C=O) groups excluding carboxylic acids is 2. The van der Waals surface area contributed by atoms with E-state index in [0.717, 1.165) is 27.8 Å². The molecule has 1 aliphatic rings. The lowest BCUT2D eigenvalue weighted by Crippen LogP contribution is -2.27. The van der Waals surface area contributed by atoms with Crippen molar-refractivity contribution >= 4 is 34.2 Å². The quantitative estimate of drug-likeness (QED) is 0.510. The number of anilines is 2. The summed E-state index contributed by atoms with van der Waals surface area (Å²) in [4.78, 5) is 26.4. The van der Waals surface area contributed by atoms with Gasteiger partial charge in [-0.05, 0) is 42.0 Å². The Hall–Kier alpha value is -4.06. The fraction of sp³-hybridized carbons (Fsp3) is 0.120. The highest BCUT2D eigenvalue weighted by Crippen LogP contribution is 2.28. The number of fused-ring (bicyclic) bond motifs is 1. The predicted octanol–water partition coefficient (Wildman–Crippen LogP) is 4.48. The zero-order valence-corrected chi connectivity index (χ0v) is 16.9. The van der Waals surface area contributed by atoms with Crippen LogP contribution in [-0.4, -0.2) is 29.6 Å². The van der Waals surface area contributed by atoms with Crippen LogP contribution in [0.25, 0.3) is 22.2 Å². The third-order valence-electron chi connectivity index (χ3n) is 5.50. The van der Waals surface area contributed by atoms with Crippen LogP contribution in [-0.2, 0) is 11.3 Å². The van der Waals surface area contributed by atoms with Crippen LogP contribution in [0, 0.1) is 0 Å². The molecule has 4 aromatic rings. The third-order valence-corrected chi connectivity index (χ3v) is 5.50. The average molecular weight is 410 g/mol. The first-order chi connectivity index (χ1) is 15.2. The summed E-state index contributed by atoms with van der Waals surface area (Å²) in [5, 5.41) is 6.86. The van der Waals surface area contributed by atoms with Crippen molar-refractivity contribution in [2.75, 3.05) is 23.3 Å². The van der Waals surface area contributed by atoms with Crippen LogP contribution in [0.4, 0.5) is 16.2 Å². The lowest BCUT2D eigenvalue weighted by atomic mass is 10.1. The zero-order valence-electron chi connectivity index (χ0n) is 16.9. The number of amides is 3. The Balaban J connectivity index is 1.37. The van der Waals surface area contributed by atoms with Gasteiger partial charge in [0.15, 0.2) is 0 Å². The average Bonchev–Trinajstić information content (AvgIpc) is 3.39. The maximum absolute atomic E-state index is 12.9. The summed E-state index contributed by atoms with van der Waals surface area (Å²) in [5.74, 6) is -0.106. The van der Waals surface area contributed by atoms with E-state index in [4.69, 9.17) is 0 Å². The maximum atomic E-state index is 12.9. The fourth-order valence-corrected chi connectivity index (χ4v) is 4.02. The minimum Gasteiger partial charge on any atom is -0.336 e. The molecular weight excluding hydrogens is 388 g/mol. The van der Waals surface area contributed by atoms with Crippen molar-refractivity contribution in [3.05, 3.63) is 84.9 Å². The molecule has 3 aromatic carbocycles. The van der Waals surface area contributed by atoms with Gasteiger partial charge in [0.1, 0.15) is 6.54 Å². The van der Waals surface area contributed by atoms with Crippen LogP contribution < -0.4 is 15.5 Å². The molecule has 0 saturated carbocycles. The molecule has 31 heavy (non-hydrogen) atoms. The molecule has 1 aliphatic heterocycles. The van der Waals surface area contributed by atoms with Gasteiger partial charge in [0.05, 0.1) is 0 Å². The number of nitrogens with one attached hydrogen (secondary N) is 2. The number of carbonyl (C=O) groups is 2. The van der Waals surface area contributed by atoms with Gasteiger partial charge in [-0.3, -0.25) is 9.69 Å². The van der Waals surface area contributed by atoms with E-state index in [2.05, 4.69) is 34.9 Å². The number of urea groups is 1. The third kappa shape index (κ3) is 3.75. The molecule has 1 saturated heterocycles. The Kier molecular flexibility index (Phi) is 4.88. The van der Waals surface area contributed by atoms with Gasteiger partial charge in [-0.1, -0.05) is 48.5 Å². The SMILES string of the molecule is O=C(Cn1c(-c2ccccc2)cc2ccccc21)Nc1ccc(N2CCNC2=O)cc1. The van der Waals surface area contributed by atoms with Crippen molar-refractivity contribution in [3.63, 3.8) is 0 Å². The first-order valence-electron chi connectivity index (χ1n) is 10.3. The molecule has 3 amide bonds. The molecule has 0 aliphatic carbocycles. The number of nitrogens with zero attached hydrogens (tertiary/aromatic N) is 2. The Morgan fingerprint density at radius 3 is 2.42 bits per heavy atom. The van der Waals surface area contributed by atoms with E-state index < -0.39 is 0 Å². The summed E-state index contributed by atoms with van der Waals surface area (Å²) in [7, 11) is 0. The van der Waals surface area contributed by atoms with E-state index in [1.165, 1.54) is 0 Å². The summed E-state index contributed by atoms with van der Waals surface area (Å²) in [6.45, 7) is 1.49. The lowest BCUT2D eigenvalue weighted by Gasteiger charge is -2.15. The molecule has 154 valence electrons. The second kappa shape index (κ2) is 7.99. The second-order valence-electron chi connectivity index (χ2n) is 7.52. The van der Waals surface area contributed by atoms with Crippen molar-refractivity contribution in [2.45, 2.75) is 6.54 Å². The molecule has 0 atom stereocenters. The van der Waals surface area contributed by atoms with Crippen LogP contribution in [0.15, 0.2) is 84.9 Å². The molecule has 6 nitrogen and oxygen atoms in total. The molecule has 2 heterocycles. The summed E-state index contributed by atoms with van der Waals surface area (Å²) in [5.41, 5.74) is 4.61. The predicted molar refractivity (Wildman–Crippen MR) is 123 cm³/mol. The van der Waals surface area contributed by atoms with Crippen LogP contribution in [0.2, 0.25) is 0 Å². The zero-order chi connectivity index (χ0) is 21.2. The first-order valence-corrected chi connectivity index (χ1v) is 10.3. The molecule has 1 fully saturated rings. The van der Waals surface area contributed by atoms with Crippen molar-refractivity contribution < 1.29 is 9.59 Å². The second-order valence-corrected chi connectivity index (χ2v) is 7.52. The Morgan fingerprint density at radius 1 is 0.935 bits per heavy atom. The number of benzene rings is 3. The van der Waals surface area contributed by atoms with Gasteiger partial charge in [-0.15, -0.1) is 0 Å². The van der Waals surface area contributed by atoms with E-state index in [1.54, 1.807) is 4.90 Å². The van der Waals surface area contributed by atoms with Gasteiger partial charge < -0.3 is 15.2 Å². The summed E-state index contributed by atoms with van der Waals surface area (Å²) in [6.07, 6.45) is 0. The highest BCUT2D eigenvalue weighted by atomic mass is 16.2. The van der Waals surface area contributed by atoms with Gasteiger partial charge in [0, 0.05) is 41.1 Å². The van der Waals surface area contributed by atoms with Gasteiger partial charge in [0.25, 0.3) is 0 Å². The molecule has 0 spiro atoms. The van der Waals surface area contributed by atoms with Crippen LogP contribution in [0.1, 0.15) is 0 Å². The smallest absolute Gasteiger partial charge is 0.321 e. The van der Waals surface area contributed by atoms with Gasteiger partial charge >= 0.3 is 6.03 Å². The van der Waals surface area contributed by atoms with E-state index in [9.17, 15) is 9.59 Å². The van der Waals surface area contributed by atoms with Gasteiger partial charge in [0.2, 0.25) is 5.91 Å². The highest BCUT2D eigenvalue weighted by molar-refractivity contribution is 5.96. The molecule has 0 bridgehead atoms. The number of rotatable bonds is 5. The van der Waals surface area contributed by atoms with Crippen LogP contribution >= 0.6 is 0 Å². The molecule has 0 radical (unpaired) electrons. The fourth-order valence-electron chi connectivity index (χ4n) is 4.02. The maximum Gasteiger partial charge on any atom is 0.321 e. The molecule has 1 aromatic heterocycles. The van der Waals surface area contributed by atoms with E-state index in [-0.39, 0.29) is 18.5 Å². The first kappa shape index (κ1) is 18.9. The lowest BCUT2D eigenvalue weighted by molar-refractivity contribution is -0.116. The Bertz CT molecular complexity index is 1250. The van der Waals surface area contributed by atoms with Crippen molar-refractivity contribution in [1.29, 1.82) is 0 Å². The number of hydrogen-bond donors (Lipinski definition) is 2. The molecule has 2 N–H and O–H groups in total.